The van der Waals surface area contributed by atoms with E-state index in [0.717, 1.165) is 19.1 Å². The molecule has 2 aromatic rings. The van der Waals surface area contributed by atoms with Gasteiger partial charge in [0, 0.05) is 17.4 Å². The zero-order valence-corrected chi connectivity index (χ0v) is 20.2. The predicted molar refractivity (Wildman–Crippen MR) is 124 cm³/mol. The number of rotatable bonds is 3. The van der Waals surface area contributed by atoms with Crippen molar-refractivity contribution in [3.05, 3.63) is 58.6 Å². The highest BCUT2D eigenvalue weighted by molar-refractivity contribution is 6.30. The highest BCUT2D eigenvalue weighted by Gasteiger charge is 2.54. The van der Waals surface area contributed by atoms with Gasteiger partial charge in [0.2, 0.25) is 0 Å². The Labute approximate surface area is 204 Å². The maximum atomic E-state index is 15.2. The number of amidine groups is 1. The monoisotopic (exact) mass is 512 g/mol. The lowest BCUT2D eigenvalue weighted by Gasteiger charge is -2.33. The van der Waals surface area contributed by atoms with Gasteiger partial charge in [0.1, 0.15) is 36.2 Å². The second-order valence-corrected chi connectivity index (χ2v) is 9.40. The Balaban J connectivity index is 1.96. The van der Waals surface area contributed by atoms with Crippen LogP contribution in [0.1, 0.15) is 43.7 Å². The lowest BCUT2D eigenvalue weighted by molar-refractivity contribution is -0.116. The molecule has 0 fully saturated rings. The fourth-order valence-electron chi connectivity index (χ4n) is 3.22. The van der Waals surface area contributed by atoms with Crippen LogP contribution in [0.2, 0.25) is 5.02 Å². The summed E-state index contributed by atoms with van der Waals surface area (Å²) >= 11 is 5.77. The van der Waals surface area contributed by atoms with Crippen LogP contribution >= 0.6 is 11.6 Å². The molecule has 0 spiro atoms. The molecule has 0 saturated carbocycles. The van der Waals surface area contributed by atoms with Crippen LogP contribution < -0.4 is 10.6 Å². The molecule has 1 aromatic carbocycles. The first kappa shape index (κ1) is 26.4. The number of amides is 2. The number of hydrogen-bond donors (Lipinski definition) is 2. The fraction of sp³-hybridized carbons (Fsp3) is 0.391. The average Bonchev–Trinajstić information content (AvgIpc) is 2.84. The number of carbonyl (C=O) groups is 2. The molecule has 1 aromatic heterocycles. The van der Waals surface area contributed by atoms with E-state index in [1.165, 1.54) is 24.4 Å². The van der Waals surface area contributed by atoms with Crippen molar-refractivity contribution in [2.24, 2.45) is 4.99 Å². The molecule has 35 heavy (non-hydrogen) atoms. The molecule has 0 bridgehead atoms. The molecule has 188 valence electrons. The lowest BCUT2D eigenvalue weighted by atomic mass is 9.85. The Morgan fingerprint density at radius 1 is 1.17 bits per heavy atom. The maximum Gasteiger partial charge on any atom is 0.413 e. The van der Waals surface area contributed by atoms with Crippen molar-refractivity contribution in [1.82, 2.24) is 10.3 Å². The van der Waals surface area contributed by atoms with Gasteiger partial charge in [0.15, 0.2) is 5.54 Å². The first-order chi connectivity index (χ1) is 16.2. The molecule has 1 unspecified atom stereocenters. The summed E-state index contributed by atoms with van der Waals surface area (Å²) < 4.78 is 55.5. The third-order valence-corrected chi connectivity index (χ3v) is 5.17. The molecule has 2 N–H and O–H groups in total. The summed E-state index contributed by atoms with van der Waals surface area (Å²) in [5.74, 6) is -5.59. The van der Waals surface area contributed by atoms with Crippen molar-refractivity contribution >= 4 is 35.1 Å². The summed E-state index contributed by atoms with van der Waals surface area (Å²) in [6.45, 7) is 4.37. The third-order valence-electron chi connectivity index (χ3n) is 4.95. The lowest BCUT2D eigenvalue weighted by Crippen LogP contribution is -2.45. The number of hydrogen-bond acceptors (Lipinski definition) is 6. The zero-order chi connectivity index (χ0) is 26.0. The van der Waals surface area contributed by atoms with Crippen LogP contribution in [-0.4, -0.2) is 47.6 Å². The third kappa shape index (κ3) is 6.29. The van der Waals surface area contributed by atoms with Crippen LogP contribution in [0.25, 0.3) is 0 Å². The van der Waals surface area contributed by atoms with Crippen molar-refractivity contribution in [3.63, 3.8) is 0 Å². The standard InChI is InChI=1S/C23H24ClF3N4O4/c1-21(2,3)35-20(33)30-18-11-34-12-23(26,27)22(4,31-18)15-9-14(6-7-16(15)25)29-19(32)17-8-5-13(24)10-28-17/h5-10H,11-12H2,1-4H3,(H,29,32)(H,30,31,33). The molecule has 2 amide bonds. The Kier molecular flexibility index (Phi) is 7.42. The van der Waals surface area contributed by atoms with Crippen molar-refractivity contribution in [2.45, 2.75) is 44.8 Å². The topological polar surface area (TPSA) is 102 Å². The van der Waals surface area contributed by atoms with Gasteiger partial charge in [-0.25, -0.2) is 22.9 Å². The molecule has 2 heterocycles. The van der Waals surface area contributed by atoms with Gasteiger partial charge in [-0.15, -0.1) is 0 Å². The number of alkyl halides is 2. The van der Waals surface area contributed by atoms with Gasteiger partial charge < -0.3 is 14.8 Å². The SMILES string of the molecule is CC(C)(C)OC(=O)NC1=NC(C)(c2cc(NC(=O)c3ccc(Cl)cn3)ccc2F)C(F)(F)COC1. The van der Waals surface area contributed by atoms with Gasteiger partial charge in [-0.2, -0.15) is 0 Å². The average molecular weight is 513 g/mol. The fourth-order valence-corrected chi connectivity index (χ4v) is 3.34. The van der Waals surface area contributed by atoms with Crippen molar-refractivity contribution < 1.29 is 32.2 Å². The summed E-state index contributed by atoms with van der Waals surface area (Å²) in [6, 6.07) is 6.03. The van der Waals surface area contributed by atoms with Crippen molar-refractivity contribution in [3.8, 4) is 0 Å². The molecule has 0 radical (unpaired) electrons. The van der Waals surface area contributed by atoms with E-state index in [9.17, 15) is 14.0 Å². The maximum absolute atomic E-state index is 15.2. The van der Waals surface area contributed by atoms with Crippen LogP contribution in [0.5, 0.6) is 0 Å². The van der Waals surface area contributed by atoms with E-state index in [2.05, 4.69) is 20.6 Å². The number of ether oxygens (including phenoxy) is 2. The van der Waals surface area contributed by atoms with Gasteiger partial charge >= 0.3 is 6.09 Å². The van der Waals surface area contributed by atoms with Gasteiger partial charge in [-0.05, 0) is 58.0 Å². The number of aliphatic imine (C=N–C) groups is 1. The Morgan fingerprint density at radius 2 is 1.89 bits per heavy atom. The summed E-state index contributed by atoms with van der Waals surface area (Å²) in [7, 11) is 0. The number of carbonyl (C=O) groups excluding carboxylic acids is 2. The van der Waals surface area contributed by atoms with Crippen molar-refractivity contribution in [1.29, 1.82) is 0 Å². The van der Waals surface area contributed by atoms with Crippen LogP contribution in [-0.2, 0) is 15.0 Å². The summed E-state index contributed by atoms with van der Waals surface area (Å²) in [5.41, 5.74) is -3.81. The molecule has 1 aliphatic rings. The van der Waals surface area contributed by atoms with Crippen LogP contribution in [0, 0.1) is 5.82 Å². The van der Waals surface area contributed by atoms with E-state index in [4.69, 9.17) is 21.1 Å². The van der Waals surface area contributed by atoms with E-state index in [1.807, 2.05) is 0 Å². The minimum atomic E-state index is -3.68. The summed E-state index contributed by atoms with van der Waals surface area (Å²) in [4.78, 5) is 32.5. The Hall–Kier alpha value is -3.18. The molecule has 12 heteroatoms. The molecule has 0 aliphatic carbocycles. The van der Waals surface area contributed by atoms with Crippen LogP contribution in [0.3, 0.4) is 0 Å². The normalized spacial score (nSPS) is 19.8. The molecule has 1 aliphatic heterocycles. The van der Waals surface area contributed by atoms with Gasteiger partial charge in [-0.3, -0.25) is 15.1 Å². The summed E-state index contributed by atoms with van der Waals surface area (Å²) in [5, 5.41) is 5.10. The number of nitrogens with zero attached hydrogens (tertiary/aromatic N) is 2. The van der Waals surface area contributed by atoms with Crippen molar-refractivity contribution in [2.75, 3.05) is 18.5 Å². The second-order valence-electron chi connectivity index (χ2n) is 8.97. The Bertz CT molecular complexity index is 1150. The number of pyridine rings is 1. The molecular weight excluding hydrogens is 489 g/mol. The van der Waals surface area contributed by atoms with Gasteiger partial charge in [0.25, 0.3) is 11.8 Å². The second kappa shape index (κ2) is 9.82. The number of anilines is 1. The van der Waals surface area contributed by atoms with E-state index in [0.29, 0.717) is 5.02 Å². The zero-order valence-electron chi connectivity index (χ0n) is 19.4. The highest BCUT2D eigenvalue weighted by Crippen LogP contribution is 2.44. The smallest absolute Gasteiger partial charge is 0.413 e. The van der Waals surface area contributed by atoms with E-state index >= 15 is 8.78 Å². The van der Waals surface area contributed by atoms with Gasteiger partial charge in [0.05, 0.1) is 5.02 Å². The minimum Gasteiger partial charge on any atom is -0.444 e. The minimum absolute atomic E-state index is 0.0153. The largest absolute Gasteiger partial charge is 0.444 e. The van der Waals surface area contributed by atoms with Crippen LogP contribution in [0.15, 0.2) is 41.5 Å². The molecular formula is C23H24ClF3N4O4. The van der Waals surface area contributed by atoms with E-state index < -0.39 is 53.7 Å². The number of aromatic nitrogens is 1. The van der Waals surface area contributed by atoms with E-state index in [1.54, 1.807) is 20.8 Å². The Morgan fingerprint density at radius 3 is 2.51 bits per heavy atom. The predicted octanol–water partition coefficient (Wildman–Crippen LogP) is 4.93. The van der Waals surface area contributed by atoms with E-state index in [-0.39, 0.29) is 17.2 Å². The first-order valence-corrected chi connectivity index (χ1v) is 10.9. The summed E-state index contributed by atoms with van der Waals surface area (Å²) in [6.07, 6.45) is 0.345. The number of halogens is 4. The van der Waals surface area contributed by atoms with Gasteiger partial charge in [-0.1, -0.05) is 11.6 Å². The molecule has 8 nitrogen and oxygen atoms in total. The molecule has 0 saturated heterocycles. The molecule has 1 atom stereocenters. The first-order valence-electron chi connectivity index (χ1n) is 10.5. The highest BCUT2D eigenvalue weighted by atomic mass is 35.5. The molecule has 3 rings (SSSR count). The number of benzene rings is 1. The van der Waals surface area contributed by atoms with Crippen LogP contribution in [0.4, 0.5) is 23.7 Å². The number of alkyl carbamates (subject to hydrolysis) is 1. The number of nitrogens with one attached hydrogen (secondary N) is 2. The quantitative estimate of drug-likeness (QED) is 0.607.